The van der Waals surface area contributed by atoms with E-state index in [2.05, 4.69) is 4.99 Å². The van der Waals surface area contributed by atoms with Gasteiger partial charge in [0.05, 0.1) is 38.5 Å². The number of hydrogen-bond donors (Lipinski definition) is 0. The van der Waals surface area contributed by atoms with Crippen molar-refractivity contribution in [2.75, 3.05) is 6.61 Å². The average molecular weight is 539 g/mol. The number of carbonyl (C=O) groups is 1. The normalized spacial score (nSPS) is 15.6. The molecule has 0 spiro atoms. The lowest BCUT2D eigenvalue weighted by Gasteiger charge is -2.24. The predicted octanol–water partition coefficient (Wildman–Crippen LogP) is 5.37. The number of rotatable bonds is 5. The summed E-state index contributed by atoms with van der Waals surface area (Å²) in [5, 5.41) is 0.818. The Labute approximate surface area is 220 Å². The van der Waals surface area contributed by atoms with Crippen LogP contribution in [0, 0.1) is 0 Å². The quantitative estimate of drug-likeness (QED) is 0.320. The van der Waals surface area contributed by atoms with Crippen LogP contribution in [0.5, 0.6) is 0 Å². The van der Waals surface area contributed by atoms with Gasteiger partial charge in [0, 0.05) is 11.6 Å². The van der Waals surface area contributed by atoms with E-state index >= 15 is 0 Å². The van der Waals surface area contributed by atoms with Crippen LogP contribution in [0.1, 0.15) is 31.2 Å². The number of hydrogen-bond acceptors (Lipinski definition) is 6. The molecule has 0 aliphatic carbocycles. The third-order valence-corrected chi connectivity index (χ3v) is 7.55. The number of allylic oxidation sites excluding steroid dienone is 1. The van der Waals surface area contributed by atoms with Crippen molar-refractivity contribution < 1.29 is 13.9 Å². The summed E-state index contributed by atoms with van der Waals surface area (Å²) in [5.74, 6) is 0.518. The summed E-state index contributed by atoms with van der Waals surface area (Å²) < 4.78 is 13.2. The van der Waals surface area contributed by atoms with E-state index in [1.54, 1.807) is 48.8 Å². The summed E-state index contributed by atoms with van der Waals surface area (Å²) >= 11 is 13.7. The van der Waals surface area contributed by atoms with Crippen molar-refractivity contribution in [2.45, 2.75) is 19.9 Å². The van der Waals surface area contributed by atoms with E-state index in [-0.39, 0.29) is 12.2 Å². The lowest BCUT2D eigenvalue weighted by Crippen LogP contribution is -2.39. The van der Waals surface area contributed by atoms with Crippen molar-refractivity contribution >= 4 is 46.6 Å². The fourth-order valence-corrected chi connectivity index (χ4v) is 5.56. The van der Waals surface area contributed by atoms with Gasteiger partial charge >= 0.3 is 5.97 Å². The molecular formula is C27H20Cl2N2O4S. The molecule has 182 valence electrons. The molecule has 6 nitrogen and oxygen atoms in total. The first-order chi connectivity index (χ1) is 17.4. The number of nitrogens with zero attached hydrogens (tertiary/aromatic N) is 2. The molecule has 3 heterocycles. The molecular weight excluding hydrogens is 519 g/mol. The minimum Gasteiger partial charge on any atom is -0.463 e. The van der Waals surface area contributed by atoms with Gasteiger partial charge in [-0.3, -0.25) is 9.36 Å². The van der Waals surface area contributed by atoms with Crippen LogP contribution in [0.15, 0.2) is 86.1 Å². The zero-order chi connectivity index (χ0) is 25.4. The van der Waals surface area contributed by atoms with Gasteiger partial charge in [-0.15, -0.1) is 0 Å². The van der Waals surface area contributed by atoms with Crippen molar-refractivity contribution in [1.29, 1.82) is 0 Å². The number of fused-ring (bicyclic) bond motifs is 1. The van der Waals surface area contributed by atoms with Gasteiger partial charge in [-0.25, -0.2) is 9.79 Å². The molecule has 1 aliphatic rings. The Morgan fingerprint density at radius 3 is 2.67 bits per heavy atom. The first-order valence-corrected chi connectivity index (χ1v) is 12.7. The monoisotopic (exact) mass is 538 g/mol. The van der Waals surface area contributed by atoms with E-state index < -0.39 is 12.0 Å². The molecule has 1 aliphatic heterocycles. The summed E-state index contributed by atoms with van der Waals surface area (Å²) in [7, 11) is 0. The molecule has 1 unspecified atom stereocenters. The topological polar surface area (TPSA) is 73.8 Å². The first-order valence-electron chi connectivity index (χ1n) is 11.2. The minimum atomic E-state index is -0.652. The van der Waals surface area contributed by atoms with E-state index in [0.29, 0.717) is 47.7 Å². The lowest BCUT2D eigenvalue weighted by atomic mass is 9.96. The molecule has 0 bridgehead atoms. The number of carbonyl (C=O) groups excluding carboxylic acids is 1. The fraction of sp³-hybridized carbons (Fsp3) is 0.148. The number of thiazole rings is 1. The Kier molecular flexibility index (Phi) is 6.71. The zero-order valence-corrected chi connectivity index (χ0v) is 21.7. The van der Waals surface area contributed by atoms with Crippen molar-refractivity contribution in [3.8, 4) is 11.3 Å². The number of aromatic nitrogens is 1. The van der Waals surface area contributed by atoms with E-state index in [9.17, 15) is 9.59 Å². The van der Waals surface area contributed by atoms with Crippen LogP contribution in [-0.2, 0) is 9.53 Å². The van der Waals surface area contributed by atoms with Crippen LogP contribution < -0.4 is 14.9 Å². The number of ether oxygens (including phenoxy) is 1. The molecule has 2 aromatic heterocycles. The first kappa shape index (κ1) is 24.3. The third kappa shape index (κ3) is 4.34. The maximum absolute atomic E-state index is 13.6. The Balaban J connectivity index is 1.64. The van der Waals surface area contributed by atoms with Crippen LogP contribution in [0.2, 0.25) is 10.0 Å². The van der Waals surface area contributed by atoms with Crippen LogP contribution in [-0.4, -0.2) is 17.1 Å². The summed E-state index contributed by atoms with van der Waals surface area (Å²) in [5.41, 5.74) is 2.03. The van der Waals surface area contributed by atoms with Crippen molar-refractivity contribution in [2.24, 2.45) is 4.99 Å². The van der Waals surface area contributed by atoms with Gasteiger partial charge in [-0.1, -0.05) is 70.9 Å². The van der Waals surface area contributed by atoms with E-state index in [1.165, 1.54) is 11.3 Å². The number of halogens is 2. The van der Waals surface area contributed by atoms with Crippen LogP contribution in [0.4, 0.5) is 0 Å². The van der Waals surface area contributed by atoms with Crippen molar-refractivity contribution in [1.82, 2.24) is 4.57 Å². The second-order valence-electron chi connectivity index (χ2n) is 8.02. The van der Waals surface area contributed by atoms with E-state index in [4.69, 9.17) is 32.4 Å². The smallest absolute Gasteiger partial charge is 0.338 e. The Bertz CT molecular complexity index is 1680. The highest BCUT2D eigenvalue weighted by molar-refractivity contribution is 7.07. The van der Waals surface area contributed by atoms with Crippen LogP contribution in [0.3, 0.4) is 0 Å². The van der Waals surface area contributed by atoms with Gasteiger partial charge in [0.2, 0.25) is 0 Å². The molecule has 36 heavy (non-hydrogen) atoms. The lowest BCUT2D eigenvalue weighted by molar-refractivity contribution is -0.139. The highest BCUT2D eigenvalue weighted by atomic mass is 35.5. The summed E-state index contributed by atoms with van der Waals surface area (Å²) in [6.07, 6.45) is 1.66. The van der Waals surface area contributed by atoms with Gasteiger partial charge in [-0.2, -0.15) is 0 Å². The molecule has 1 atom stereocenters. The Morgan fingerprint density at radius 2 is 1.92 bits per heavy atom. The number of esters is 1. The van der Waals surface area contributed by atoms with Gasteiger partial charge < -0.3 is 9.15 Å². The van der Waals surface area contributed by atoms with Crippen LogP contribution in [0.25, 0.3) is 17.4 Å². The standard InChI is InChI=1S/C27H20Cl2N2O4S/c1-3-34-26(33)22-15(2)30-27-31(24(22)16-8-5-4-6-9-16)25(32)21(36-27)14-17-12-13-20(35-17)18-10-7-11-19(28)23(18)29/h4-14,24H,3H2,1-2H3/b21-14+. The average Bonchev–Trinajstić information content (AvgIpc) is 3.45. The van der Waals surface area contributed by atoms with Crippen molar-refractivity contribution in [3.05, 3.63) is 113 Å². The zero-order valence-electron chi connectivity index (χ0n) is 19.3. The van der Waals surface area contributed by atoms with E-state index in [0.717, 1.165) is 5.56 Å². The summed E-state index contributed by atoms with van der Waals surface area (Å²) in [6.45, 7) is 3.72. The van der Waals surface area contributed by atoms with Crippen LogP contribution >= 0.6 is 34.5 Å². The highest BCUT2D eigenvalue weighted by Gasteiger charge is 2.33. The second kappa shape index (κ2) is 9.93. The fourth-order valence-electron chi connectivity index (χ4n) is 4.14. The van der Waals surface area contributed by atoms with Crippen molar-refractivity contribution in [3.63, 3.8) is 0 Å². The molecule has 0 saturated heterocycles. The molecule has 0 fully saturated rings. The van der Waals surface area contributed by atoms with Gasteiger partial charge in [0.15, 0.2) is 4.80 Å². The SMILES string of the molecule is CCOC(=O)C1=C(C)N=c2s/c(=C/c3ccc(-c4cccc(Cl)c4Cl)o3)c(=O)n2C1c1ccccc1. The largest absolute Gasteiger partial charge is 0.463 e. The maximum atomic E-state index is 13.6. The van der Waals surface area contributed by atoms with E-state index in [1.807, 2.05) is 36.4 Å². The summed E-state index contributed by atoms with van der Waals surface area (Å²) in [6, 6.07) is 17.6. The molecule has 0 radical (unpaired) electrons. The molecule has 5 rings (SSSR count). The number of furan rings is 1. The maximum Gasteiger partial charge on any atom is 0.338 e. The summed E-state index contributed by atoms with van der Waals surface area (Å²) in [4.78, 5) is 31.6. The Morgan fingerprint density at radius 1 is 1.14 bits per heavy atom. The predicted molar refractivity (Wildman–Crippen MR) is 141 cm³/mol. The third-order valence-electron chi connectivity index (χ3n) is 5.75. The Hall–Kier alpha value is -3.39. The number of benzene rings is 2. The van der Waals surface area contributed by atoms with Gasteiger partial charge in [-0.05, 0) is 43.7 Å². The minimum absolute atomic E-state index is 0.221. The van der Waals surface area contributed by atoms with Gasteiger partial charge in [0.1, 0.15) is 11.5 Å². The molecule has 0 saturated carbocycles. The molecule has 0 N–H and O–H groups in total. The molecule has 2 aromatic carbocycles. The molecule has 4 aromatic rings. The van der Waals surface area contributed by atoms with Gasteiger partial charge in [0.25, 0.3) is 5.56 Å². The molecule has 0 amide bonds. The molecule has 9 heteroatoms. The highest BCUT2D eigenvalue weighted by Crippen LogP contribution is 2.34. The second-order valence-corrected chi connectivity index (χ2v) is 9.81.